The van der Waals surface area contributed by atoms with Crippen LogP contribution in [0.3, 0.4) is 0 Å². The maximum Gasteiger partial charge on any atom is 0.260 e. The molecular formula is C15H14ClFN2O3. The van der Waals surface area contributed by atoms with Crippen molar-refractivity contribution in [2.45, 2.75) is 0 Å². The minimum absolute atomic E-state index is 0.0107. The normalized spacial score (nSPS) is 10.2. The van der Waals surface area contributed by atoms with Crippen molar-refractivity contribution in [2.24, 2.45) is 0 Å². The highest BCUT2D eigenvalue weighted by atomic mass is 35.5. The largest absolute Gasteiger partial charge is 0.493 e. The van der Waals surface area contributed by atoms with Crippen LogP contribution >= 0.6 is 11.6 Å². The lowest BCUT2D eigenvalue weighted by Gasteiger charge is -2.14. The van der Waals surface area contributed by atoms with Crippen molar-refractivity contribution in [3.63, 3.8) is 0 Å². The Morgan fingerprint density at radius 1 is 1.23 bits per heavy atom. The summed E-state index contributed by atoms with van der Waals surface area (Å²) in [4.78, 5) is 12.2. The third-order valence-electron chi connectivity index (χ3n) is 2.99. The maximum atomic E-state index is 13.7. The minimum Gasteiger partial charge on any atom is -0.493 e. The van der Waals surface area contributed by atoms with Gasteiger partial charge in [0, 0.05) is 12.1 Å². The number of nitrogens with one attached hydrogen (secondary N) is 1. The Labute approximate surface area is 131 Å². The molecule has 0 aliphatic carbocycles. The quantitative estimate of drug-likeness (QED) is 0.846. The molecular weight excluding hydrogens is 311 g/mol. The molecule has 3 N–H and O–H groups in total. The van der Waals surface area contributed by atoms with Gasteiger partial charge in [0.2, 0.25) is 0 Å². The van der Waals surface area contributed by atoms with Crippen molar-refractivity contribution >= 4 is 28.9 Å². The van der Waals surface area contributed by atoms with Gasteiger partial charge in [-0.3, -0.25) is 4.79 Å². The van der Waals surface area contributed by atoms with Gasteiger partial charge in [-0.2, -0.15) is 0 Å². The molecule has 0 bridgehead atoms. The lowest BCUT2D eigenvalue weighted by Crippen LogP contribution is -2.15. The minimum atomic E-state index is -0.718. The summed E-state index contributed by atoms with van der Waals surface area (Å²) < 4.78 is 24.0. The van der Waals surface area contributed by atoms with Crippen LogP contribution in [0.1, 0.15) is 10.4 Å². The zero-order valence-corrected chi connectivity index (χ0v) is 12.7. The van der Waals surface area contributed by atoms with Crippen LogP contribution in [-0.2, 0) is 0 Å². The molecule has 0 saturated heterocycles. The summed E-state index contributed by atoms with van der Waals surface area (Å²) in [5.41, 5.74) is 6.11. The molecule has 7 heteroatoms. The van der Waals surface area contributed by atoms with Crippen molar-refractivity contribution in [1.82, 2.24) is 0 Å². The molecule has 2 aromatic rings. The fourth-order valence-electron chi connectivity index (χ4n) is 1.90. The van der Waals surface area contributed by atoms with Crippen molar-refractivity contribution < 1.29 is 18.7 Å². The summed E-state index contributed by atoms with van der Waals surface area (Å²) >= 11 is 5.86. The molecule has 116 valence electrons. The molecule has 0 spiro atoms. The zero-order valence-electron chi connectivity index (χ0n) is 11.9. The van der Waals surface area contributed by atoms with Gasteiger partial charge in [-0.25, -0.2) is 4.39 Å². The van der Waals surface area contributed by atoms with Gasteiger partial charge < -0.3 is 20.5 Å². The highest BCUT2D eigenvalue weighted by Gasteiger charge is 2.18. The second kappa shape index (κ2) is 6.53. The molecule has 0 unspecified atom stereocenters. The standard InChI is InChI=1S/C15H14ClFN2O3/c1-21-12-6-10(18)11(7-13(12)22-2)19-15(20)14-8(16)4-3-5-9(14)17/h3-7H,18H2,1-2H3,(H,19,20). The van der Waals surface area contributed by atoms with Gasteiger partial charge in [0.25, 0.3) is 5.91 Å². The number of carbonyl (C=O) groups is 1. The van der Waals surface area contributed by atoms with Crippen LogP contribution in [-0.4, -0.2) is 20.1 Å². The lowest BCUT2D eigenvalue weighted by atomic mass is 10.1. The molecule has 2 rings (SSSR count). The number of halogens is 2. The van der Waals surface area contributed by atoms with Crippen molar-refractivity contribution in [3.8, 4) is 11.5 Å². The molecule has 0 saturated carbocycles. The lowest BCUT2D eigenvalue weighted by molar-refractivity contribution is 0.102. The Hall–Kier alpha value is -2.47. The molecule has 0 radical (unpaired) electrons. The van der Waals surface area contributed by atoms with Crippen molar-refractivity contribution in [3.05, 3.63) is 46.7 Å². The fraction of sp³-hybridized carbons (Fsp3) is 0.133. The van der Waals surface area contributed by atoms with E-state index in [4.69, 9.17) is 26.8 Å². The molecule has 0 aliphatic rings. The molecule has 0 heterocycles. The molecule has 0 aliphatic heterocycles. The first-order chi connectivity index (χ1) is 10.5. The van der Waals surface area contributed by atoms with E-state index in [0.717, 1.165) is 6.07 Å². The molecule has 5 nitrogen and oxygen atoms in total. The van der Waals surface area contributed by atoms with Gasteiger partial charge >= 0.3 is 0 Å². The molecule has 0 fully saturated rings. The Kier molecular flexibility index (Phi) is 4.72. The van der Waals surface area contributed by atoms with Crippen LogP contribution in [0.15, 0.2) is 30.3 Å². The first kappa shape index (κ1) is 15.9. The highest BCUT2D eigenvalue weighted by Crippen LogP contribution is 2.35. The van der Waals surface area contributed by atoms with E-state index in [9.17, 15) is 9.18 Å². The first-order valence-corrected chi connectivity index (χ1v) is 6.62. The third kappa shape index (κ3) is 3.07. The van der Waals surface area contributed by atoms with E-state index >= 15 is 0 Å². The average Bonchev–Trinajstić information content (AvgIpc) is 2.48. The Morgan fingerprint density at radius 2 is 1.86 bits per heavy atom. The first-order valence-electron chi connectivity index (χ1n) is 6.24. The van der Waals surface area contributed by atoms with Crippen LogP contribution in [0.25, 0.3) is 0 Å². The summed E-state index contributed by atoms with van der Waals surface area (Å²) in [5.74, 6) is -0.625. The van der Waals surface area contributed by atoms with Crippen LogP contribution in [0, 0.1) is 5.82 Å². The van der Waals surface area contributed by atoms with E-state index in [-0.39, 0.29) is 22.0 Å². The average molecular weight is 325 g/mol. The van der Waals surface area contributed by atoms with E-state index in [1.165, 1.54) is 38.5 Å². The molecule has 0 aromatic heterocycles. The molecule has 22 heavy (non-hydrogen) atoms. The number of anilines is 2. The predicted molar refractivity (Wildman–Crippen MR) is 83.3 cm³/mol. The third-order valence-corrected chi connectivity index (χ3v) is 3.31. The van der Waals surface area contributed by atoms with Gasteiger partial charge in [-0.1, -0.05) is 17.7 Å². The van der Waals surface area contributed by atoms with E-state index in [2.05, 4.69) is 5.32 Å². The Balaban J connectivity index is 2.36. The Bertz CT molecular complexity index is 702. The Morgan fingerprint density at radius 3 is 2.45 bits per heavy atom. The second-order valence-electron chi connectivity index (χ2n) is 4.35. The number of rotatable bonds is 4. The van der Waals surface area contributed by atoms with Gasteiger partial charge in [0.1, 0.15) is 5.82 Å². The summed E-state index contributed by atoms with van der Waals surface area (Å²) in [7, 11) is 2.92. The summed E-state index contributed by atoms with van der Waals surface area (Å²) in [6.45, 7) is 0. The molecule has 1 amide bonds. The number of methoxy groups -OCH3 is 2. The van der Waals surface area contributed by atoms with E-state index in [1.807, 2.05) is 0 Å². The van der Waals surface area contributed by atoms with Gasteiger partial charge in [0.15, 0.2) is 11.5 Å². The SMILES string of the molecule is COc1cc(N)c(NC(=O)c2c(F)cccc2Cl)cc1OC. The monoisotopic (exact) mass is 324 g/mol. The molecule has 0 atom stereocenters. The van der Waals surface area contributed by atoms with Crippen LogP contribution in [0.5, 0.6) is 11.5 Å². The highest BCUT2D eigenvalue weighted by molar-refractivity contribution is 6.34. The van der Waals surface area contributed by atoms with E-state index in [1.54, 1.807) is 0 Å². The summed E-state index contributed by atoms with van der Waals surface area (Å²) in [6, 6.07) is 6.98. The summed E-state index contributed by atoms with van der Waals surface area (Å²) in [6.07, 6.45) is 0. The number of carbonyl (C=O) groups excluding carboxylic acids is 1. The van der Waals surface area contributed by atoms with Gasteiger partial charge in [0.05, 0.1) is 36.2 Å². The number of nitrogen functional groups attached to an aromatic ring is 1. The summed E-state index contributed by atoms with van der Waals surface area (Å²) in [5, 5.41) is 2.52. The number of benzene rings is 2. The van der Waals surface area contributed by atoms with Crippen molar-refractivity contribution in [1.29, 1.82) is 0 Å². The number of ether oxygens (including phenoxy) is 2. The van der Waals surface area contributed by atoms with E-state index in [0.29, 0.717) is 11.5 Å². The smallest absolute Gasteiger partial charge is 0.260 e. The molecule has 2 aromatic carbocycles. The number of amides is 1. The zero-order chi connectivity index (χ0) is 16.3. The predicted octanol–water partition coefficient (Wildman–Crippen LogP) is 3.33. The van der Waals surface area contributed by atoms with Crippen LogP contribution < -0.4 is 20.5 Å². The fourth-order valence-corrected chi connectivity index (χ4v) is 2.15. The van der Waals surface area contributed by atoms with Crippen LogP contribution in [0.4, 0.5) is 15.8 Å². The van der Waals surface area contributed by atoms with E-state index < -0.39 is 11.7 Å². The second-order valence-corrected chi connectivity index (χ2v) is 4.75. The van der Waals surface area contributed by atoms with Gasteiger partial charge in [-0.15, -0.1) is 0 Å². The van der Waals surface area contributed by atoms with Crippen molar-refractivity contribution in [2.75, 3.05) is 25.3 Å². The number of hydrogen-bond acceptors (Lipinski definition) is 4. The topological polar surface area (TPSA) is 73.6 Å². The number of nitrogens with two attached hydrogens (primary N) is 1. The van der Waals surface area contributed by atoms with Gasteiger partial charge in [-0.05, 0) is 12.1 Å². The maximum absolute atomic E-state index is 13.7. The van der Waals surface area contributed by atoms with Crippen LogP contribution in [0.2, 0.25) is 5.02 Å². The number of hydrogen-bond donors (Lipinski definition) is 2.